The van der Waals surface area contributed by atoms with Crippen molar-refractivity contribution in [3.8, 4) is 22.5 Å². The minimum absolute atomic E-state index is 0.119. The van der Waals surface area contributed by atoms with Gasteiger partial charge in [-0.05, 0) is 55.0 Å². The minimum atomic E-state index is -0.309. The highest BCUT2D eigenvalue weighted by atomic mass is 32.2. The third-order valence-corrected chi connectivity index (χ3v) is 6.28. The number of hydrogen-bond acceptors (Lipinski definition) is 4. The quantitative estimate of drug-likeness (QED) is 0.276. The van der Waals surface area contributed by atoms with E-state index in [0.29, 0.717) is 5.69 Å². The maximum atomic E-state index is 13.4. The lowest BCUT2D eigenvalue weighted by atomic mass is 10.1. The van der Waals surface area contributed by atoms with E-state index < -0.39 is 0 Å². The molecule has 2 aromatic carbocycles. The van der Waals surface area contributed by atoms with Crippen LogP contribution in [0.5, 0.6) is 0 Å². The van der Waals surface area contributed by atoms with Crippen LogP contribution >= 0.6 is 24.4 Å². The van der Waals surface area contributed by atoms with Gasteiger partial charge >= 0.3 is 0 Å². The fraction of sp³-hybridized carbons (Fsp3) is 0.182. The molecule has 1 N–H and O–H groups in total. The van der Waals surface area contributed by atoms with E-state index in [4.69, 9.17) is 17.6 Å². The van der Waals surface area contributed by atoms with E-state index in [1.54, 1.807) is 42.2 Å². The normalized spacial score (nSPS) is 12.3. The van der Waals surface area contributed by atoms with Gasteiger partial charge in [-0.1, -0.05) is 11.8 Å². The predicted octanol–water partition coefficient (Wildman–Crippen LogP) is 5.91. The van der Waals surface area contributed by atoms with Gasteiger partial charge in [-0.25, -0.2) is 18.7 Å². The molecule has 1 unspecified atom stereocenters. The van der Waals surface area contributed by atoms with Gasteiger partial charge in [0.05, 0.1) is 16.6 Å². The number of halogens is 2. The largest absolute Gasteiger partial charge is 0.341 e. The highest BCUT2D eigenvalue weighted by Gasteiger charge is 2.19. The third kappa shape index (κ3) is 4.60. The van der Waals surface area contributed by atoms with E-state index in [1.165, 1.54) is 24.3 Å². The molecule has 2 heterocycles. The Morgan fingerprint density at radius 1 is 1.03 bits per heavy atom. The molecule has 0 radical (unpaired) electrons. The zero-order valence-corrected chi connectivity index (χ0v) is 17.9. The Labute approximate surface area is 183 Å². The summed E-state index contributed by atoms with van der Waals surface area (Å²) < 4.78 is 28.8. The summed E-state index contributed by atoms with van der Waals surface area (Å²) >= 11 is 6.40. The van der Waals surface area contributed by atoms with Crippen LogP contribution in [0.15, 0.2) is 66.1 Å². The first kappa shape index (κ1) is 20.7. The van der Waals surface area contributed by atoms with Gasteiger partial charge in [0.1, 0.15) is 17.5 Å². The first-order chi connectivity index (χ1) is 14.5. The van der Waals surface area contributed by atoms with Crippen LogP contribution < -0.4 is 0 Å². The lowest BCUT2D eigenvalue weighted by Gasteiger charge is -2.07. The Kier molecular flexibility index (Phi) is 6.24. The lowest BCUT2D eigenvalue weighted by Crippen LogP contribution is -1.97. The second-order valence-electron chi connectivity index (χ2n) is 6.83. The number of aryl methyl sites for hydroxylation is 1. The first-order valence-electron chi connectivity index (χ1n) is 9.41. The molecule has 0 saturated heterocycles. The van der Waals surface area contributed by atoms with Crippen LogP contribution in [-0.4, -0.2) is 25.3 Å². The van der Waals surface area contributed by atoms with Crippen LogP contribution in [-0.2, 0) is 7.05 Å². The van der Waals surface area contributed by atoms with Crippen LogP contribution in [0.4, 0.5) is 8.78 Å². The Morgan fingerprint density at radius 3 is 2.27 bits per heavy atom. The van der Waals surface area contributed by atoms with Crippen molar-refractivity contribution in [2.45, 2.75) is 16.8 Å². The zero-order chi connectivity index (χ0) is 21.1. The number of thiol groups is 1. The molecule has 0 aliphatic carbocycles. The van der Waals surface area contributed by atoms with Crippen molar-refractivity contribution in [1.82, 2.24) is 19.5 Å². The van der Waals surface area contributed by atoms with Crippen molar-refractivity contribution in [3.05, 3.63) is 78.4 Å². The number of benzene rings is 2. The molecule has 0 fully saturated rings. The molecule has 2 aromatic heterocycles. The molecule has 30 heavy (non-hydrogen) atoms. The van der Waals surface area contributed by atoms with E-state index in [2.05, 4.69) is 9.97 Å². The van der Waals surface area contributed by atoms with Crippen LogP contribution in [0.1, 0.15) is 17.5 Å². The SMILES string of the molecule is Cn1ccnc1SCCC(S)c1nc(-c2ccc(F)cc2)c(-c2ccc(F)cc2)[nH]1. The van der Waals surface area contributed by atoms with Crippen molar-refractivity contribution in [3.63, 3.8) is 0 Å². The van der Waals surface area contributed by atoms with Gasteiger partial charge in [0.25, 0.3) is 0 Å². The van der Waals surface area contributed by atoms with Gasteiger partial charge in [0, 0.05) is 36.3 Å². The van der Waals surface area contributed by atoms with Crippen LogP contribution in [0.25, 0.3) is 22.5 Å². The Balaban J connectivity index is 1.60. The number of imidazole rings is 2. The standard InChI is InChI=1S/C22H20F2N4S2/c1-28-12-11-25-22(28)30-13-10-18(29)21-26-19(14-2-6-16(23)7-3-14)20(27-21)15-4-8-17(24)9-5-15/h2-9,11-12,18,29H,10,13H2,1H3,(H,26,27). The second-order valence-corrected chi connectivity index (χ2v) is 8.52. The number of hydrogen-bond donors (Lipinski definition) is 2. The maximum Gasteiger partial charge on any atom is 0.167 e. The number of thioether (sulfide) groups is 1. The van der Waals surface area contributed by atoms with E-state index in [-0.39, 0.29) is 16.9 Å². The Bertz CT molecular complexity index is 1060. The van der Waals surface area contributed by atoms with Gasteiger partial charge in [-0.15, -0.1) is 0 Å². The summed E-state index contributed by atoms with van der Waals surface area (Å²) in [5.41, 5.74) is 3.03. The van der Waals surface area contributed by atoms with Crippen molar-refractivity contribution in [1.29, 1.82) is 0 Å². The molecule has 8 heteroatoms. The van der Waals surface area contributed by atoms with E-state index in [0.717, 1.165) is 40.0 Å². The van der Waals surface area contributed by atoms with Crippen LogP contribution in [0.2, 0.25) is 0 Å². The maximum absolute atomic E-state index is 13.4. The molecular weight excluding hydrogens is 422 g/mol. The molecule has 0 saturated carbocycles. The number of H-pyrrole nitrogens is 1. The molecular formula is C22H20F2N4S2. The van der Waals surface area contributed by atoms with Gasteiger partial charge in [-0.2, -0.15) is 12.6 Å². The monoisotopic (exact) mass is 442 g/mol. The fourth-order valence-corrected chi connectivity index (χ4v) is 4.44. The van der Waals surface area contributed by atoms with Crippen LogP contribution in [0.3, 0.4) is 0 Å². The number of rotatable bonds is 7. The topological polar surface area (TPSA) is 46.5 Å². The van der Waals surface area contributed by atoms with E-state index >= 15 is 0 Å². The van der Waals surface area contributed by atoms with Gasteiger partial charge < -0.3 is 9.55 Å². The first-order valence-corrected chi connectivity index (χ1v) is 10.9. The minimum Gasteiger partial charge on any atom is -0.341 e. The Hall–Kier alpha value is -2.58. The van der Waals surface area contributed by atoms with Gasteiger partial charge in [0.2, 0.25) is 0 Å². The second kappa shape index (κ2) is 9.06. The number of nitrogens with one attached hydrogen (secondary N) is 1. The summed E-state index contributed by atoms with van der Waals surface area (Å²) in [4.78, 5) is 12.4. The third-order valence-electron chi connectivity index (χ3n) is 4.69. The number of nitrogens with zero attached hydrogens (tertiary/aromatic N) is 3. The summed E-state index contributed by atoms with van der Waals surface area (Å²) in [6.45, 7) is 0. The lowest BCUT2D eigenvalue weighted by molar-refractivity contribution is 0.627. The van der Waals surface area contributed by atoms with Gasteiger partial charge in [-0.3, -0.25) is 0 Å². The average Bonchev–Trinajstić information content (AvgIpc) is 3.36. The number of aromatic nitrogens is 4. The van der Waals surface area contributed by atoms with Gasteiger partial charge in [0.15, 0.2) is 5.16 Å². The molecule has 154 valence electrons. The smallest absolute Gasteiger partial charge is 0.167 e. The van der Waals surface area contributed by atoms with Crippen molar-refractivity contribution < 1.29 is 8.78 Å². The predicted molar refractivity (Wildman–Crippen MR) is 120 cm³/mol. The summed E-state index contributed by atoms with van der Waals surface area (Å²) in [7, 11) is 1.96. The highest BCUT2D eigenvalue weighted by molar-refractivity contribution is 7.99. The zero-order valence-electron chi connectivity index (χ0n) is 16.2. The molecule has 0 aliphatic heterocycles. The highest BCUT2D eigenvalue weighted by Crippen LogP contribution is 2.34. The molecule has 0 aliphatic rings. The average molecular weight is 443 g/mol. The van der Waals surface area contributed by atoms with Crippen molar-refractivity contribution >= 4 is 24.4 Å². The summed E-state index contributed by atoms with van der Waals surface area (Å²) in [5.74, 6) is 0.936. The van der Waals surface area contributed by atoms with Crippen molar-refractivity contribution in [2.75, 3.05) is 5.75 Å². The number of aromatic amines is 1. The van der Waals surface area contributed by atoms with E-state index in [9.17, 15) is 8.78 Å². The molecule has 4 rings (SSSR count). The fourth-order valence-electron chi connectivity index (χ4n) is 3.08. The molecule has 4 nitrogen and oxygen atoms in total. The Morgan fingerprint density at radius 2 is 1.67 bits per heavy atom. The molecule has 0 spiro atoms. The summed E-state index contributed by atoms with van der Waals surface area (Å²) in [5, 5.41) is 0.833. The summed E-state index contributed by atoms with van der Waals surface area (Å²) in [6.07, 6.45) is 4.47. The van der Waals surface area contributed by atoms with Crippen molar-refractivity contribution in [2.24, 2.45) is 7.05 Å². The molecule has 0 bridgehead atoms. The summed E-state index contributed by atoms with van der Waals surface area (Å²) in [6, 6.07) is 12.4. The van der Waals surface area contributed by atoms with Crippen LogP contribution in [0, 0.1) is 11.6 Å². The molecule has 4 aromatic rings. The molecule has 0 amide bonds. The molecule has 1 atom stereocenters. The van der Waals surface area contributed by atoms with E-state index in [1.807, 2.05) is 17.8 Å².